The Hall–Kier alpha value is -1.18. The number of halogens is 4. The van der Waals surface area contributed by atoms with Crippen LogP contribution in [-0.4, -0.2) is 51.5 Å². The molecule has 0 aromatic heterocycles. The highest BCUT2D eigenvalue weighted by molar-refractivity contribution is 5.85. The highest BCUT2D eigenvalue weighted by Crippen LogP contribution is 2.45. The fourth-order valence-corrected chi connectivity index (χ4v) is 2.64. The van der Waals surface area contributed by atoms with Crippen molar-refractivity contribution in [2.75, 3.05) is 40.4 Å². The fraction of sp³-hybridized carbons (Fsp3) is 0.571. The molecule has 1 aromatic carbocycles. The van der Waals surface area contributed by atoms with Crippen molar-refractivity contribution in [1.29, 1.82) is 0 Å². The average Bonchev–Trinajstić information content (AvgIpc) is 2.47. The summed E-state index contributed by atoms with van der Waals surface area (Å²) in [6.07, 6.45) is -4.40. The molecule has 0 amide bonds. The Labute approximate surface area is 134 Å². The molecule has 1 heterocycles. The summed E-state index contributed by atoms with van der Waals surface area (Å²) in [5.41, 5.74) is 0.0388. The molecule has 1 N–H and O–H groups in total. The number of alkyl halides is 3. The Morgan fingerprint density at radius 3 is 2.00 bits per heavy atom. The van der Waals surface area contributed by atoms with E-state index >= 15 is 0 Å². The molecule has 1 saturated heterocycles. The second-order valence-corrected chi connectivity index (χ2v) is 4.81. The number of benzene rings is 1. The van der Waals surface area contributed by atoms with E-state index < -0.39 is 12.2 Å². The van der Waals surface area contributed by atoms with Crippen molar-refractivity contribution in [3.05, 3.63) is 23.8 Å². The maximum Gasteiger partial charge on any atom is 0.408 e. The molecule has 4 nitrogen and oxygen atoms in total. The predicted octanol–water partition coefficient (Wildman–Crippen LogP) is 2.63. The number of rotatable bonds is 4. The van der Waals surface area contributed by atoms with E-state index in [1.165, 1.54) is 31.3 Å². The zero-order chi connectivity index (χ0) is 15.5. The number of piperazine rings is 1. The van der Waals surface area contributed by atoms with E-state index in [1.807, 2.05) is 0 Å². The Balaban J connectivity index is 0.00000242. The lowest BCUT2D eigenvalue weighted by molar-refractivity contribution is -0.188. The van der Waals surface area contributed by atoms with Gasteiger partial charge in [-0.25, -0.2) is 0 Å². The molecule has 1 aromatic rings. The van der Waals surface area contributed by atoms with Crippen LogP contribution in [0.4, 0.5) is 13.2 Å². The largest absolute Gasteiger partial charge is 0.496 e. The minimum atomic E-state index is -4.40. The van der Waals surface area contributed by atoms with Gasteiger partial charge in [-0.05, 0) is 12.1 Å². The lowest BCUT2D eigenvalue weighted by Gasteiger charge is -2.37. The second-order valence-electron chi connectivity index (χ2n) is 4.81. The summed E-state index contributed by atoms with van der Waals surface area (Å²) >= 11 is 0. The standard InChI is InChI=1S/C14H19F3N2O2.ClH/c1-20-10-4-3-5-11(21-2)12(10)13(14(15,16)17)19-8-6-18-7-9-19;/h3-5,13,18H,6-9H2,1-2H3;1H/t13-;/m1./s1. The Morgan fingerprint density at radius 2 is 1.59 bits per heavy atom. The summed E-state index contributed by atoms with van der Waals surface area (Å²) in [7, 11) is 2.73. The van der Waals surface area contributed by atoms with Crippen LogP contribution in [0.15, 0.2) is 18.2 Å². The predicted molar refractivity (Wildman–Crippen MR) is 80.0 cm³/mol. The van der Waals surface area contributed by atoms with E-state index in [9.17, 15) is 13.2 Å². The smallest absolute Gasteiger partial charge is 0.408 e. The number of nitrogens with one attached hydrogen (secondary N) is 1. The molecule has 0 bridgehead atoms. The van der Waals surface area contributed by atoms with Crippen molar-refractivity contribution in [1.82, 2.24) is 10.2 Å². The first-order chi connectivity index (χ1) is 9.99. The topological polar surface area (TPSA) is 33.7 Å². The van der Waals surface area contributed by atoms with E-state index in [1.54, 1.807) is 6.07 Å². The number of nitrogens with zero attached hydrogens (tertiary/aromatic N) is 1. The van der Waals surface area contributed by atoms with Crippen LogP contribution in [0.1, 0.15) is 11.6 Å². The third-order valence-electron chi connectivity index (χ3n) is 3.57. The molecule has 0 spiro atoms. The Bertz CT molecular complexity index is 457. The van der Waals surface area contributed by atoms with Crippen molar-refractivity contribution in [3.63, 3.8) is 0 Å². The minimum absolute atomic E-state index is 0. The molecule has 2 rings (SSSR count). The van der Waals surface area contributed by atoms with Crippen molar-refractivity contribution < 1.29 is 22.6 Å². The number of methoxy groups -OCH3 is 2. The second kappa shape index (κ2) is 7.89. The van der Waals surface area contributed by atoms with Gasteiger partial charge in [0.05, 0.1) is 19.8 Å². The van der Waals surface area contributed by atoms with Gasteiger partial charge in [-0.1, -0.05) is 6.07 Å². The minimum Gasteiger partial charge on any atom is -0.496 e. The Kier molecular flexibility index (Phi) is 6.77. The van der Waals surface area contributed by atoms with Crippen molar-refractivity contribution in [2.45, 2.75) is 12.2 Å². The van der Waals surface area contributed by atoms with Gasteiger partial charge >= 0.3 is 6.18 Å². The van der Waals surface area contributed by atoms with Gasteiger partial charge in [0.25, 0.3) is 0 Å². The third-order valence-corrected chi connectivity index (χ3v) is 3.57. The van der Waals surface area contributed by atoms with Crippen LogP contribution in [0.5, 0.6) is 11.5 Å². The van der Waals surface area contributed by atoms with E-state index in [0.29, 0.717) is 26.2 Å². The van der Waals surface area contributed by atoms with Gasteiger partial charge in [0, 0.05) is 26.2 Å². The van der Waals surface area contributed by atoms with Crippen LogP contribution in [0, 0.1) is 0 Å². The van der Waals surface area contributed by atoms with Crippen molar-refractivity contribution in [3.8, 4) is 11.5 Å². The first-order valence-electron chi connectivity index (χ1n) is 6.71. The van der Waals surface area contributed by atoms with Gasteiger partial charge in [-0.2, -0.15) is 13.2 Å². The molecule has 8 heteroatoms. The lowest BCUT2D eigenvalue weighted by atomic mass is 10.0. The normalized spacial score (nSPS) is 17.5. The van der Waals surface area contributed by atoms with Crippen LogP contribution < -0.4 is 14.8 Å². The number of hydrogen-bond acceptors (Lipinski definition) is 4. The molecule has 0 saturated carbocycles. The van der Waals surface area contributed by atoms with Crippen molar-refractivity contribution >= 4 is 12.4 Å². The molecule has 1 fully saturated rings. The highest BCUT2D eigenvalue weighted by Gasteiger charge is 2.47. The van der Waals surface area contributed by atoms with Crippen LogP contribution >= 0.6 is 12.4 Å². The maximum absolute atomic E-state index is 13.6. The molecule has 0 aliphatic carbocycles. The molecule has 126 valence electrons. The lowest BCUT2D eigenvalue weighted by Crippen LogP contribution is -2.49. The zero-order valence-corrected chi connectivity index (χ0v) is 13.3. The van der Waals surface area contributed by atoms with E-state index in [0.717, 1.165) is 0 Å². The SMILES string of the molecule is COc1cccc(OC)c1[C@@H](N1CCNCC1)C(F)(F)F.Cl. The van der Waals surface area contributed by atoms with Gasteiger partial charge in [-0.3, -0.25) is 4.90 Å². The van der Waals surface area contributed by atoms with E-state index in [4.69, 9.17) is 9.47 Å². The first kappa shape index (κ1) is 18.9. The van der Waals surface area contributed by atoms with Crippen LogP contribution in [0.25, 0.3) is 0 Å². The summed E-state index contributed by atoms with van der Waals surface area (Å²) in [5, 5.41) is 3.06. The van der Waals surface area contributed by atoms with E-state index in [2.05, 4.69) is 5.32 Å². The summed E-state index contributed by atoms with van der Waals surface area (Å²) < 4.78 is 51.2. The van der Waals surface area contributed by atoms with Crippen LogP contribution in [0.2, 0.25) is 0 Å². The summed E-state index contributed by atoms with van der Waals surface area (Å²) in [6.45, 7) is 1.71. The molecule has 0 unspecified atom stereocenters. The van der Waals surface area contributed by atoms with Gasteiger partial charge in [0.2, 0.25) is 0 Å². The summed E-state index contributed by atoms with van der Waals surface area (Å²) in [5.74, 6) is 0.380. The van der Waals surface area contributed by atoms with Crippen molar-refractivity contribution in [2.24, 2.45) is 0 Å². The molecule has 1 aliphatic rings. The molecule has 22 heavy (non-hydrogen) atoms. The van der Waals surface area contributed by atoms with Gasteiger partial charge in [0.1, 0.15) is 17.5 Å². The molecule has 1 atom stereocenters. The monoisotopic (exact) mass is 340 g/mol. The number of ether oxygens (including phenoxy) is 2. The van der Waals surface area contributed by atoms with Crippen LogP contribution in [-0.2, 0) is 0 Å². The molecule has 0 radical (unpaired) electrons. The summed E-state index contributed by atoms with van der Waals surface area (Å²) in [4.78, 5) is 1.41. The highest BCUT2D eigenvalue weighted by atomic mass is 35.5. The quantitative estimate of drug-likeness (QED) is 0.913. The van der Waals surface area contributed by atoms with Gasteiger partial charge in [-0.15, -0.1) is 12.4 Å². The van der Waals surface area contributed by atoms with Crippen LogP contribution in [0.3, 0.4) is 0 Å². The first-order valence-corrected chi connectivity index (χ1v) is 6.71. The zero-order valence-electron chi connectivity index (χ0n) is 12.4. The van der Waals surface area contributed by atoms with E-state index in [-0.39, 0.29) is 29.5 Å². The molecule has 1 aliphatic heterocycles. The van der Waals surface area contributed by atoms with Gasteiger partial charge in [0.15, 0.2) is 0 Å². The summed E-state index contributed by atoms with van der Waals surface area (Å²) in [6, 6.07) is 2.94. The fourth-order valence-electron chi connectivity index (χ4n) is 2.64. The maximum atomic E-state index is 13.6. The molecular formula is C14H20ClF3N2O2. The molecular weight excluding hydrogens is 321 g/mol. The number of hydrogen-bond donors (Lipinski definition) is 1. The Morgan fingerprint density at radius 1 is 1.09 bits per heavy atom. The third kappa shape index (κ3) is 3.97. The van der Waals surface area contributed by atoms with Gasteiger partial charge < -0.3 is 14.8 Å². The average molecular weight is 341 g/mol.